The Hall–Kier alpha value is -0.520. The number of aliphatic hydroxyl groups is 4. The summed E-state index contributed by atoms with van der Waals surface area (Å²) in [5, 5.41) is 49.7. The largest absolute Gasteiger partial charge is 1.00 e. The van der Waals surface area contributed by atoms with Gasteiger partial charge < -0.3 is 39.8 Å². The van der Waals surface area contributed by atoms with Crippen LogP contribution in [0.2, 0.25) is 0 Å². The molecule has 0 bridgehead atoms. The van der Waals surface area contributed by atoms with E-state index >= 15 is 0 Å². The van der Waals surface area contributed by atoms with Gasteiger partial charge in [-0.25, -0.2) is 0 Å². The van der Waals surface area contributed by atoms with Crippen molar-refractivity contribution in [3.63, 3.8) is 0 Å². The number of rotatable bonds is 11. The van der Waals surface area contributed by atoms with E-state index in [2.05, 4.69) is 6.92 Å². The third kappa shape index (κ3) is 8.87. The Kier molecular flexibility index (Phi) is 14.2. The number of aliphatic carboxylic acids is 1. The number of carbonyl (C=O) groups excluding carboxylic acids is 2. The van der Waals surface area contributed by atoms with Crippen molar-refractivity contribution in [1.82, 2.24) is 0 Å². The van der Waals surface area contributed by atoms with E-state index in [1.54, 1.807) is 6.08 Å². The maximum absolute atomic E-state index is 12.0. The molecular formula is C18H29NaO9. The first kappa shape index (κ1) is 27.5. The third-order valence-corrected chi connectivity index (χ3v) is 4.42. The Morgan fingerprint density at radius 1 is 1.18 bits per heavy atom. The van der Waals surface area contributed by atoms with Gasteiger partial charge in [0.05, 0.1) is 13.0 Å². The number of carboxylic acid groups (broad SMARTS) is 1. The first-order valence-corrected chi connectivity index (χ1v) is 9.17. The minimum absolute atomic E-state index is 0. The van der Waals surface area contributed by atoms with Crippen molar-refractivity contribution in [2.45, 2.75) is 76.2 Å². The molecule has 28 heavy (non-hydrogen) atoms. The monoisotopic (exact) mass is 412 g/mol. The minimum atomic E-state index is -1.76. The van der Waals surface area contributed by atoms with Crippen molar-refractivity contribution in [2.24, 2.45) is 5.92 Å². The van der Waals surface area contributed by atoms with Gasteiger partial charge in [0.1, 0.15) is 18.3 Å². The van der Waals surface area contributed by atoms with E-state index in [1.165, 1.54) is 0 Å². The van der Waals surface area contributed by atoms with E-state index in [4.69, 9.17) is 14.6 Å². The van der Waals surface area contributed by atoms with Crippen LogP contribution in [0.1, 0.15) is 45.4 Å². The first-order valence-electron chi connectivity index (χ1n) is 9.17. The Bertz CT molecular complexity index is 499. The van der Waals surface area contributed by atoms with Crippen molar-refractivity contribution in [3.05, 3.63) is 12.2 Å². The van der Waals surface area contributed by atoms with Crippen LogP contribution in [0.5, 0.6) is 0 Å². The van der Waals surface area contributed by atoms with Crippen molar-refractivity contribution < 1.29 is 74.2 Å². The molecule has 1 aliphatic rings. The molecule has 0 aromatic carbocycles. The van der Waals surface area contributed by atoms with Gasteiger partial charge in [0.25, 0.3) is 0 Å². The molecule has 0 amide bonds. The molecule has 1 heterocycles. The van der Waals surface area contributed by atoms with Crippen LogP contribution in [0.3, 0.4) is 0 Å². The average Bonchev–Trinajstić information content (AvgIpc) is 2.63. The first-order chi connectivity index (χ1) is 12.8. The van der Waals surface area contributed by atoms with Gasteiger partial charge in [0.15, 0.2) is 12.4 Å². The van der Waals surface area contributed by atoms with E-state index in [0.29, 0.717) is 0 Å². The normalized spacial score (nSPS) is 28.5. The van der Waals surface area contributed by atoms with Crippen LogP contribution in [0.15, 0.2) is 12.2 Å². The van der Waals surface area contributed by atoms with Crippen LogP contribution in [-0.4, -0.2) is 69.7 Å². The summed E-state index contributed by atoms with van der Waals surface area (Å²) in [6.07, 6.45) is -0.780. The second-order valence-electron chi connectivity index (χ2n) is 6.61. The number of esters is 1. The zero-order valence-corrected chi connectivity index (χ0v) is 18.4. The summed E-state index contributed by atoms with van der Waals surface area (Å²) in [5.41, 5.74) is 0. The fourth-order valence-corrected chi connectivity index (χ4v) is 2.76. The molecule has 156 valence electrons. The van der Waals surface area contributed by atoms with E-state index in [-0.39, 0.29) is 36.0 Å². The molecule has 4 N–H and O–H groups in total. The maximum atomic E-state index is 12.0. The van der Waals surface area contributed by atoms with Crippen LogP contribution in [0, 0.1) is 5.92 Å². The number of hydrogen-bond acceptors (Lipinski definition) is 9. The Morgan fingerprint density at radius 3 is 2.43 bits per heavy atom. The summed E-state index contributed by atoms with van der Waals surface area (Å²) in [4.78, 5) is 23.3. The van der Waals surface area contributed by atoms with Crippen molar-refractivity contribution in [1.29, 1.82) is 0 Å². The van der Waals surface area contributed by atoms with Gasteiger partial charge in [0, 0.05) is 11.9 Å². The van der Waals surface area contributed by atoms with Crippen molar-refractivity contribution in [2.75, 3.05) is 6.61 Å². The molecule has 0 aromatic rings. The summed E-state index contributed by atoms with van der Waals surface area (Å²) in [6.45, 7) is 1.42. The summed E-state index contributed by atoms with van der Waals surface area (Å²) in [6, 6.07) is 0. The van der Waals surface area contributed by atoms with E-state index < -0.39 is 61.6 Å². The smallest absolute Gasteiger partial charge is 0.550 e. The average molecular weight is 412 g/mol. The van der Waals surface area contributed by atoms with E-state index in [0.717, 1.165) is 25.7 Å². The third-order valence-electron chi connectivity index (χ3n) is 4.42. The second-order valence-corrected chi connectivity index (χ2v) is 6.61. The number of carboxylic acids is 1. The molecule has 3 unspecified atom stereocenters. The molecule has 6 atom stereocenters. The van der Waals surface area contributed by atoms with Gasteiger partial charge in [-0.3, -0.25) is 4.79 Å². The molecule has 9 nitrogen and oxygen atoms in total. The maximum Gasteiger partial charge on any atom is 1.00 e. The number of ether oxygens (including phenoxy) is 2. The van der Waals surface area contributed by atoms with Crippen LogP contribution < -0.4 is 34.7 Å². The molecule has 0 saturated carbocycles. The number of allylic oxidation sites excluding steroid dienone is 2. The molecule has 1 rings (SSSR count). The number of hydrogen-bond donors (Lipinski definition) is 4. The Balaban J connectivity index is 0.00000729. The predicted octanol–water partition coefficient (Wildman–Crippen LogP) is -4.38. The molecular weight excluding hydrogens is 383 g/mol. The van der Waals surface area contributed by atoms with E-state index in [9.17, 15) is 30.0 Å². The quantitative estimate of drug-likeness (QED) is 0.114. The number of carbonyl (C=O) groups is 2. The van der Waals surface area contributed by atoms with Gasteiger partial charge >= 0.3 is 35.5 Å². The summed E-state index contributed by atoms with van der Waals surface area (Å²) in [7, 11) is 0. The van der Waals surface area contributed by atoms with Crippen molar-refractivity contribution in [3.8, 4) is 0 Å². The fourth-order valence-electron chi connectivity index (χ4n) is 2.76. The SMILES string of the molecule is CCCCC/C=C\CC(CC(=O)OC1[C@H](O)C(CO)O[C@@H](O)[C@H]1O)C(=O)[O-].[Na+]. The van der Waals surface area contributed by atoms with Crippen LogP contribution in [0.25, 0.3) is 0 Å². The Labute approximate surface area is 186 Å². The summed E-state index contributed by atoms with van der Waals surface area (Å²) >= 11 is 0. The molecule has 1 saturated heterocycles. The summed E-state index contributed by atoms with van der Waals surface area (Å²) < 4.78 is 9.74. The standard InChI is InChI=1S/C18H30O9.Na/c1-2-3-4-5-6-7-8-11(17(23)24)9-13(20)27-16-14(21)12(10-19)26-18(25)15(16)22;/h6-7,11-12,14-16,18-19,21-22,25H,2-5,8-10H2,1H3,(H,23,24);/q;+1/p-1/b7-6-;/t11?,12?,14-,15+,16?,18-;/m1./s1. The molecule has 1 fully saturated rings. The van der Waals surface area contributed by atoms with Crippen LogP contribution in [-0.2, 0) is 19.1 Å². The number of aliphatic hydroxyl groups excluding tert-OH is 4. The zero-order chi connectivity index (χ0) is 20.4. The summed E-state index contributed by atoms with van der Waals surface area (Å²) in [5.74, 6) is -3.50. The van der Waals surface area contributed by atoms with Gasteiger partial charge in [-0.2, -0.15) is 0 Å². The van der Waals surface area contributed by atoms with Crippen LogP contribution >= 0.6 is 0 Å². The van der Waals surface area contributed by atoms with Gasteiger partial charge in [0.2, 0.25) is 0 Å². The molecule has 0 aliphatic carbocycles. The van der Waals surface area contributed by atoms with Gasteiger partial charge in [-0.1, -0.05) is 31.9 Å². The Morgan fingerprint density at radius 2 is 1.86 bits per heavy atom. The van der Waals surface area contributed by atoms with Crippen LogP contribution in [0.4, 0.5) is 0 Å². The predicted molar refractivity (Wildman–Crippen MR) is 90.9 cm³/mol. The fraction of sp³-hybridized carbons (Fsp3) is 0.778. The van der Waals surface area contributed by atoms with Gasteiger partial charge in [-0.15, -0.1) is 0 Å². The van der Waals surface area contributed by atoms with Crippen molar-refractivity contribution >= 4 is 11.9 Å². The molecule has 0 spiro atoms. The zero-order valence-electron chi connectivity index (χ0n) is 16.4. The molecule has 0 aromatic heterocycles. The molecule has 0 radical (unpaired) electrons. The molecule has 10 heteroatoms. The topological polar surface area (TPSA) is 157 Å². The number of unbranched alkanes of at least 4 members (excludes halogenated alkanes) is 3. The molecule has 1 aliphatic heterocycles. The second kappa shape index (κ2) is 14.5. The van der Waals surface area contributed by atoms with Gasteiger partial charge in [-0.05, 0) is 19.3 Å². The van der Waals surface area contributed by atoms with E-state index in [1.807, 2.05) is 6.08 Å². The minimum Gasteiger partial charge on any atom is -0.550 e.